The van der Waals surface area contributed by atoms with E-state index in [2.05, 4.69) is 152 Å². The summed E-state index contributed by atoms with van der Waals surface area (Å²) < 4.78 is 0. The first-order valence-electron chi connectivity index (χ1n) is 12.1. The molecule has 0 aliphatic rings. The predicted octanol–water partition coefficient (Wildman–Crippen LogP) is 7.09. The Labute approximate surface area is 204 Å². The van der Waals surface area contributed by atoms with E-state index < -0.39 is 7.26 Å². The van der Waals surface area contributed by atoms with E-state index in [9.17, 15) is 0 Å². The van der Waals surface area contributed by atoms with Gasteiger partial charge in [0, 0.05) is 0 Å². The Morgan fingerprint density at radius 1 is 0.412 bits per heavy atom. The first kappa shape index (κ1) is 22.3. The molecule has 168 valence electrons. The molecule has 0 fully saturated rings. The normalized spacial score (nSPS) is 12.7. The molecule has 5 aromatic carbocycles. The maximum atomic E-state index is 2.37. The van der Waals surface area contributed by atoms with E-state index in [1.807, 2.05) is 0 Å². The zero-order chi connectivity index (χ0) is 23.1. The monoisotopic (exact) mass is 458 g/mol. The zero-order valence-electron chi connectivity index (χ0n) is 19.4. The van der Waals surface area contributed by atoms with Crippen LogP contribution in [-0.4, -0.2) is 0 Å². The third-order valence-electron chi connectivity index (χ3n) is 6.98. The predicted molar refractivity (Wildman–Crippen MR) is 150 cm³/mol. The zero-order valence-corrected chi connectivity index (χ0v) is 20.4. The molecule has 0 aliphatic carbocycles. The summed E-state index contributed by atoms with van der Waals surface area (Å²) in [4.78, 5) is 0. The quantitative estimate of drug-likeness (QED) is 0.218. The third kappa shape index (κ3) is 4.47. The molecule has 0 N–H and O–H groups in total. The molecular formula is C33H31P. The molecule has 0 saturated heterocycles. The van der Waals surface area contributed by atoms with Gasteiger partial charge >= 0.3 is 204 Å². The van der Waals surface area contributed by atoms with Gasteiger partial charge < -0.3 is 0 Å². The fraction of sp³-hybridized carbons (Fsp3) is 0.0909. The number of rotatable bonds is 8. The Kier molecular flexibility index (Phi) is 6.99. The molecule has 0 radical (unpaired) electrons. The Hall–Kier alpha value is -3.47. The van der Waals surface area contributed by atoms with Crippen molar-refractivity contribution in [2.75, 3.05) is 0 Å². The van der Waals surface area contributed by atoms with Crippen LogP contribution >= 0.6 is 7.26 Å². The van der Waals surface area contributed by atoms with Crippen LogP contribution in [0.3, 0.4) is 0 Å². The molecule has 1 heteroatoms. The van der Waals surface area contributed by atoms with Gasteiger partial charge in [0.15, 0.2) is 0 Å². The fourth-order valence-corrected chi connectivity index (χ4v) is 11.1. The molecule has 0 amide bonds. The Morgan fingerprint density at radius 2 is 0.765 bits per heavy atom. The van der Waals surface area contributed by atoms with Gasteiger partial charge in [-0.2, -0.15) is 0 Å². The fourth-order valence-electron chi connectivity index (χ4n) is 5.48. The van der Waals surface area contributed by atoms with E-state index in [-0.39, 0.29) is 0 Å². The summed E-state index contributed by atoms with van der Waals surface area (Å²) in [6, 6.07) is 56.0. The third-order valence-corrected chi connectivity index (χ3v) is 12.4. The summed E-state index contributed by atoms with van der Waals surface area (Å²) in [5, 5.41) is 4.40. The van der Waals surface area contributed by atoms with Crippen LogP contribution in [0.4, 0.5) is 0 Å². The second-order valence-corrected chi connectivity index (χ2v) is 12.9. The van der Waals surface area contributed by atoms with Gasteiger partial charge in [-0.25, -0.2) is 0 Å². The maximum absolute atomic E-state index is 2.45. The molecule has 0 nitrogen and oxygen atoms in total. The van der Waals surface area contributed by atoms with E-state index in [0.717, 1.165) is 12.8 Å². The molecule has 0 aromatic heterocycles. The molecule has 1 unspecified atom stereocenters. The molecule has 34 heavy (non-hydrogen) atoms. The van der Waals surface area contributed by atoms with Crippen molar-refractivity contribution in [3.8, 4) is 0 Å². The van der Waals surface area contributed by atoms with Crippen molar-refractivity contribution >= 4 is 23.2 Å². The van der Waals surface area contributed by atoms with E-state index in [1.54, 1.807) is 0 Å². The molecular weight excluding hydrogens is 427 g/mol. The van der Waals surface area contributed by atoms with Crippen LogP contribution in [0.25, 0.3) is 0 Å². The van der Waals surface area contributed by atoms with Crippen molar-refractivity contribution < 1.29 is 0 Å². The van der Waals surface area contributed by atoms with Crippen LogP contribution in [0.5, 0.6) is 0 Å². The Morgan fingerprint density at radius 3 is 1.18 bits per heavy atom. The van der Waals surface area contributed by atoms with Crippen molar-refractivity contribution in [1.29, 1.82) is 0 Å². The van der Waals surface area contributed by atoms with Crippen molar-refractivity contribution in [3.05, 3.63) is 163 Å². The van der Waals surface area contributed by atoms with Crippen LogP contribution in [0.15, 0.2) is 152 Å². The number of hydrogen-bond donors (Lipinski definition) is 0. The summed E-state index contributed by atoms with van der Waals surface area (Å²) in [7, 11) is -2.45. The summed E-state index contributed by atoms with van der Waals surface area (Å²) in [6.07, 6.45) is 2.15. The van der Waals surface area contributed by atoms with Gasteiger partial charge in [-0.15, -0.1) is 0 Å². The Bertz CT molecular complexity index is 1170. The van der Waals surface area contributed by atoms with E-state index >= 15 is 0 Å². The summed E-state index contributed by atoms with van der Waals surface area (Å²) in [5.41, 5.74) is 3.23. The van der Waals surface area contributed by atoms with Crippen LogP contribution in [0.2, 0.25) is 0 Å². The van der Waals surface area contributed by atoms with Gasteiger partial charge in [0.2, 0.25) is 0 Å². The average molecular weight is 459 g/mol. The minimum absolute atomic E-state index is 0.390. The first-order valence-corrected chi connectivity index (χ1v) is 14.2. The molecule has 5 aromatic rings. The van der Waals surface area contributed by atoms with Gasteiger partial charge in [-0.05, 0) is 0 Å². The second kappa shape index (κ2) is 10.6. The van der Waals surface area contributed by atoms with Gasteiger partial charge in [-0.1, -0.05) is 0 Å². The molecule has 0 heterocycles. The summed E-state index contributed by atoms with van der Waals surface area (Å²) in [6.45, 7) is 0. The van der Waals surface area contributed by atoms with Crippen LogP contribution in [-0.2, 0) is 6.42 Å². The SMILES string of the molecule is c1ccc(CCC(c2ccccc2)[PH](c2ccccc2)(c2ccccc2)c2ccccc2)cc1. The summed E-state index contributed by atoms with van der Waals surface area (Å²) >= 11 is 0. The number of hydrogen-bond acceptors (Lipinski definition) is 0. The summed E-state index contributed by atoms with van der Waals surface area (Å²) in [5.74, 6) is 0. The molecule has 0 saturated carbocycles. The van der Waals surface area contributed by atoms with Crippen molar-refractivity contribution in [2.45, 2.75) is 18.5 Å². The van der Waals surface area contributed by atoms with Crippen molar-refractivity contribution in [2.24, 2.45) is 0 Å². The Balaban J connectivity index is 1.78. The average Bonchev–Trinajstić information content (AvgIpc) is 2.94. The van der Waals surface area contributed by atoms with Crippen LogP contribution in [0.1, 0.15) is 23.2 Å². The van der Waals surface area contributed by atoms with E-state index in [1.165, 1.54) is 27.0 Å². The molecule has 1 atom stereocenters. The second-order valence-electron chi connectivity index (χ2n) is 8.89. The molecule has 0 spiro atoms. The van der Waals surface area contributed by atoms with Crippen molar-refractivity contribution in [3.63, 3.8) is 0 Å². The molecule has 5 rings (SSSR count). The van der Waals surface area contributed by atoms with Crippen molar-refractivity contribution in [1.82, 2.24) is 0 Å². The van der Waals surface area contributed by atoms with Crippen LogP contribution in [0, 0.1) is 0 Å². The number of benzene rings is 5. The van der Waals surface area contributed by atoms with Gasteiger partial charge in [0.05, 0.1) is 0 Å². The van der Waals surface area contributed by atoms with Crippen LogP contribution < -0.4 is 15.9 Å². The van der Waals surface area contributed by atoms with E-state index in [4.69, 9.17) is 0 Å². The standard InChI is InChI=1S/C33H31P/c1-6-16-28(17-7-1)26-27-33(29-18-8-2-9-19-29)34(30-20-10-3-11-21-30,31-22-12-4-13-23-31)32-24-14-5-15-25-32/h1-25,33-34H,26-27H2. The molecule has 0 aliphatic heterocycles. The van der Waals surface area contributed by atoms with Gasteiger partial charge in [0.25, 0.3) is 0 Å². The van der Waals surface area contributed by atoms with Gasteiger partial charge in [0.1, 0.15) is 0 Å². The molecule has 0 bridgehead atoms. The van der Waals surface area contributed by atoms with E-state index in [0.29, 0.717) is 5.66 Å². The minimum atomic E-state index is -2.45. The van der Waals surface area contributed by atoms with Gasteiger partial charge in [-0.3, -0.25) is 0 Å². The number of aryl methyl sites for hydroxylation is 1. The first-order chi connectivity index (χ1) is 16.9. The topological polar surface area (TPSA) is 0 Å².